The maximum absolute atomic E-state index is 12.3. The van der Waals surface area contributed by atoms with Gasteiger partial charge in [-0.1, -0.05) is 60.7 Å². The summed E-state index contributed by atoms with van der Waals surface area (Å²) >= 11 is 0. The molecule has 0 bridgehead atoms. The Labute approximate surface area is 142 Å². The monoisotopic (exact) mass is 325 g/mol. The summed E-state index contributed by atoms with van der Waals surface area (Å²) in [6.45, 7) is 2.06. The van der Waals surface area contributed by atoms with Crippen molar-refractivity contribution in [2.75, 3.05) is 19.7 Å². The summed E-state index contributed by atoms with van der Waals surface area (Å²) in [5.41, 5.74) is 1.56. The number of piperidine rings is 1. The van der Waals surface area contributed by atoms with Gasteiger partial charge in [-0.3, -0.25) is 0 Å². The minimum Gasteiger partial charge on any atom is -0.452 e. The van der Waals surface area contributed by atoms with Crippen LogP contribution in [0.3, 0.4) is 0 Å². The second kappa shape index (κ2) is 8.08. The third-order valence-electron chi connectivity index (χ3n) is 4.35. The summed E-state index contributed by atoms with van der Waals surface area (Å²) in [6, 6.07) is 19.8. The van der Waals surface area contributed by atoms with Crippen molar-refractivity contribution in [1.29, 1.82) is 0 Å². The molecule has 4 nitrogen and oxygen atoms in total. The molecular formula is C20H23NO3. The third kappa shape index (κ3) is 4.22. The second-order valence-electron chi connectivity index (χ2n) is 6.06. The van der Waals surface area contributed by atoms with Gasteiger partial charge in [-0.2, -0.15) is 0 Å². The molecule has 2 aromatic carbocycles. The molecule has 3 rings (SSSR count). The maximum atomic E-state index is 12.3. The highest BCUT2D eigenvalue weighted by atomic mass is 16.6. The molecule has 1 fully saturated rings. The van der Waals surface area contributed by atoms with Gasteiger partial charge in [0.15, 0.2) is 0 Å². The molecule has 24 heavy (non-hydrogen) atoms. The highest BCUT2D eigenvalue weighted by Gasteiger charge is 2.37. The first kappa shape index (κ1) is 16.7. The molecule has 1 N–H and O–H groups in total. The molecule has 0 aliphatic carbocycles. The Morgan fingerprint density at radius 2 is 1.58 bits per heavy atom. The molecule has 0 aromatic heterocycles. The summed E-state index contributed by atoms with van der Waals surface area (Å²) < 4.78 is 11.4. The fraction of sp³-hybridized carbons (Fsp3) is 0.350. The van der Waals surface area contributed by atoms with Crippen molar-refractivity contribution in [3.63, 3.8) is 0 Å². The molecule has 0 radical (unpaired) electrons. The smallest absolute Gasteiger partial charge is 0.332 e. The van der Waals surface area contributed by atoms with Crippen molar-refractivity contribution < 1.29 is 14.3 Å². The fourth-order valence-electron chi connectivity index (χ4n) is 3.10. The Bertz CT molecular complexity index is 636. The van der Waals surface area contributed by atoms with Gasteiger partial charge in [0.1, 0.15) is 12.2 Å². The van der Waals surface area contributed by atoms with E-state index in [9.17, 15) is 4.79 Å². The van der Waals surface area contributed by atoms with Crippen LogP contribution in [0, 0.1) is 0 Å². The van der Waals surface area contributed by atoms with Gasteiger partial charge in [-0.25, -0.2) is 4.79 Å². The van der Waals surface area contributed by atoms with Crippen molar-refractivity contribution in [2.24, 2.45) is 0 Å². The Kier molecular flexibility index (Phi) is 5.62. The standard InChI is InChI=1S/C20H23NO3/c22-19(16-23-15-17-7-3-1-4-8-17)24-20(11-13-21-14-12-20)18-9-5-2-6-10-18/h1-10,21H,11-16H2. The lowest BCUT2D eigenvalue weighted by Crippen LogP contribution is -2.43. The average Bonchev–Trinajstić information content (AvgIpc) is 2.64. The Morgan fingerprint density at radius 3 is 2.25 bits per heavy atom. The van der Waals surface area contributed by atoms with Crippen molar-refractivity contribution in [1.82, 2.24) is 5.32 Å². The SMILES string of the molecule is O=C(COCc1ccccc1)OC1(c2ccccc2)CCNCC1. The molecule has 1 heterocycles. The molecular weight excluding hydrogens is 302 g/mol. The maximum Gasteiger partial charge on any atom is 0.332 e. The predicted octanol–water partition coefficient (Wildman–Crippen LogP) is 3.03. The summed E-state index contributed by atoms with van der Waals surface area (Å²) in [5, 5.41) is 3.32. The lowest BCUT2D eigenvalue weighted by atomic mass is 9.85. The van der Waals surface area contributed by atoms with Crippen LogP contribution >= 0.6 is 0 Å². The van der Waals surface area contributed by atoms with Crippen LogP contribution in [0.5, 0.6) is 0 Å². The summed E-state index contributed by atoms with van der Waals surface area (Å²) in [5.74, 6) is -0.309. The Hall–Kier alpha value is -2.17. The van der Waals surface area contributed by atoms with Gasteiger partial charge in [0, 0.05) is 12.8 Å². The quantitative estimate of drug-likeness (QED) is 0.830. The third-order valence-corrected chi connectivity index (χ3v) is 4.35. The number of nitrogens with one attached hydrogen (secondary N) is 1. The Morgan fingerprint density at radius 1 is 0.958 bits per heavy atom. The first-order valence-corrected chi connectivity index (χ1v) is 8.38. The number of carbonyl (C=O) groups excluding carboxylic acids is 1. The highest BCUT2D eigenvalue weighted by Crippen LogP contribution is 2.34. The van der Waals surface area contributed by atoms with E-state index in [0.29, 0.717) is 6.61 Å². The zero-order valence-electron chi connectivity index (χ0n) is 13.7. The van der Waals surface area contributed by atoms with E-state index < -0.39 is 5.60 Å². The molecule has 0 amide bonds. The van der Waals surface area contributed by atoms with Crippen LogP contribution in [-0.2, 0) is 26.5 Å². The van der Waals surface area contributed by atoms with Crippen LogP contribution in [0.25, 0.3) is 0 Å². The number of carbonyl (C=O) groups is 1. The van der Waals surface area contributed by atoms with Gasteiger partial charge in [0.25, 0.3) is 0 Å². The van der Waals surface area contributed by atoms with Gasteiger partial charge >= 0.3 is 5.97 Å². The number of rotatable bonds is 6. The number of hydrogen-bond donors (Lipinski definition) is 1. The van der Waals surface area contributed by atoms with E-state index in [1.807, 2.05) is 60.7 Å². The van der Waals surface area contributed by atoms with E-state index in [0.717, 1.165) is 37.1 Å². The lowest BCUT2D eigenvalue weighted by molar-refractivity contribution is -0.170. The van der Waals surface area contributed by atoms with Gasteiger partial charge in [0.2, 0.25) is 0 Å². The molecule has 0 unspecified atom stereocenters. The van der Waals surface area contributed by atoms with E-state index in [4.69, 9.17) is 9.47 Å². The summed E-state index contributed by atoms with van der Waals surface area (Å²) in [4.78, 5) is 12.3. The first-order chi connectivity index (χ1) is 11.8. The number of benzene rings is 2. The summed E-state index contributed by atoms with van der Waals surface area (Å²) in [6.07, 6.45) is 1.56. The van der Waals surface area contributed by atoms with Gasteiger partial charge in [-0.05, 0) is 24.2 Å². The number of ether oxygens (including phenoxy) is 2. The van der Waals surface area contributed by atoms with Crippen molar-refractivity contribution >= 4 is 5.97 Å². The van der Waals surface area contributed by atoms with Crippen LogP contribution in [-0.4, -0.2) is 25.7 Å². The molecule has 1 aliphatic heterocycles. The number of hydrogen-bond acceptors (Lipinski definition) is 4. The predicted molar refractivity (Wildman–Crippen MR) is 92.4 cm³/mol. The van der Waals surface area contributed by atoms with Crippen LogP contribution in [0.2, 0.25) is 0 Å². The molecule has 126 valence electrons. The van der Waals surface area contributed by atoms with Crippen LogP contribution in [0.4, 0.5) is 0 Å². The largest absolute Gasteiger partial charge is 0.452 e. The number of esters is 1. The van der Waals surface area contributed by atoms with E-state index in [-0.39, 0.29) is 12.6 Å². The van der Waals surface area contributed by atoms with Gasteiger partial charge < -0.3 is 14.8 Å². The normalized spacial score (nSPS) is 16.5. The van der Waals surface area contributed by atoms with Crippen LogP contribution < -0.4 is 5.32 Å². The minimum atomic E-state index is -0.542. The lowest BCUT2D eigenvalue weighted by Gasteiger charge is -2.37. The molecule has 1 aliphatic rings. The van der Waals surface area contributed by atoms with E-state index in [2.05, 4.69) is 5.32 Å². The zero-order valence-corrected chi connectivity index (χ0v) is 13.7. The highest BCUT2D eigenvalue weighted by molar-refractivity contribution is 5.71. The molecule has 1 saturated heterocycles. The van der Waals surface area contributed by atoms with Gasteiger partial charge in [0.05, 0.1) is 6.61 Å². The second-order valence-corrected chi connectivity index (χ2v) is 6.06. The van der Waals surface area contributed by atoms with Crippen molar-refractivity contribution in [2.45, 2.75) is 25.0 Å². The van der Waals surface area contributed by atoms with E-state index in [1.165, 1.54) is 0 Å². The zero-order chi connectivity index (χ0) is 16.7. The van der Waals surface area contributed by atoms with E-state index in [1.54, 1.807) is 0 Å². The molecule has 0 saturated carbocycles. The first-order valence-electron chi connectivity index (χ1n) is 8.38. The molecule has 4 heteroatoms. The minimum absolute atomic E-state index is 0.0308. The molecule has 0 atom stereocenters. The van der Waals surface area contributed by atoms with Crippen molar-refractivity contribution in [3.05, 3.63) is 71.8 Å². The molecule has 2 aromatic rings. The summed E-state index contributed by atoms with van der Waals surface area (Å²) in [7, 11) is 0. The molecule has 0 spiro atoms. The average molecular weight is 325 g/mol. The van der Waals surface area contributed by atoms with Crippen LogP contribution in [0.1, 0.15) is 24.0 Å². The van der Waals surface area contributed by atoms with Gasteiger partial charge in [-0.15, -0.1) is 0 Å². The fourth-order valence-corrected chi connectivity index (χ4v) is 3.10. The van der Waals surface area contributed by atoms with E-state index >= 15 is 0 Å². The van der Waals surface area contributed by atoms with Crippen LogP contribution in [0.15, 0.2) is 60.7 Å². The van der Waals surface area contributed by atoms with Crippen molar-refractivity contribution in [3.8, 4) is 0 Å². The Balaban J connectivity index is 1.59. The topological polar surface area (TPSA) is 47.6 Å².